The molecule has 0 unspecified atom stereocenters. The number of aromatic nitrogens is 4. The van der Waals surface area contributed by atoms with Crippen LogP contribution in [0.4, 0.5) is 0 Å². The van der Waals surface area contributed by atoms with Crippen molar-refractivity contribution in [3.05, 3.63) is 105 Å². The van der Waals surface area contributed by atoms with E-state index in [4.69, 9.17) is 34.7 Å². The van der Waals surface area contributed by atoms with Crippen LogP contribution in [0.15, 0.2) is 72.8 Å². The minimum atomic E-state index is -1.22. The van der Waals surface area contributed by atoms with E-state index in [1.54, 1.807) is 33.4 Å². The minimum absolute atomic E-state index is 0.0888. The number of nitrogens with zero attached hydrogens (tertiary/aromatic N) is 4. The Hall–Kier alpha value is -5.72. The van der Waals surface area contributed by atoms with Gasteiger partial charge >= 0.3 is 11.9 Å². The maximum absolute atomic E-state index is 12.2. The van der Waals surface area contributed by atoms with Crippen molar-refractivity contribution in [2.45, 2.75) is 13.1 Å². The third-order valence-corrected chi connectivity index (χ3v) is 8.18. The van der Waals surface area contributed by atoms with Crippen molar-refractivity contribution in [1.29, 1.82) is 0 Å². The number of aryl methyl sites for hydroxylation is 2. The zero-order valence-electron chi connectivity index (χ0n) is 23.6. The summed E-state index contributed by atoms with van der Waals surface area (Å²) in [5, 5.41) is 20.3. The summed E-state index contributed by atoms with van der Waals surface area (Å²) in [7, 11) is 0. The molecule has 2 heterocycles. The molecule has 6 N–H and O–H groups in total. The molecule has 12 nitrogen and oxygen atoms in total. The average molecular weight is 657 g/mol. The number of benzene rings is 4. The maximum atomic E-state index is 12.2. The summed E-state index contributed by atoms with van der Waals surface area (Å²) in [5.74, 6) is -3.35. The van der Waals surface area contributed by atoms with E-state index in [2.05, 4.69) is 9.97 Å². The molecule has 4 aromatic carbocycles. The van der Waals surface area contributed by atoms with Gasteiger partial charge < -0.3 is 30.8 Å². The fraction of sp³-hybridized carbons (Fsp3) is 0.0625. The van der Waals surface area contributed by atoms with Crippen molar-refractivity contribution in [1.82, 2.24) is 19.1 Å². The molecule has 0 saturated carbocycles. The molecule has 46 heavy (non-hydrogen) atoms. The zero-order valence-corrected chi connectivity index (χ0v) is 25.1. The van der Waals surface area contributed by atoms with Crippen molar-refractivity contribution in [2.24, 2.45) is 11.5 Å². The summed E-state index contributed by atoms with van der Waals surface area (Å²) in [4.78, 5) is 57.8. The predicted molar refractivity (Wildman–Crippen MR) is 171 cm³/mol. The molecule has 0 atom stereocenters. The molecule has 0 bridgehead atoms. The molecule has 0 spiro atoms. The topological polar surface area (TPSA) is 196 Å². The second-order valence-electron chi connectivity index (χ2n) is 10.2. The number of rotatable bonds is 9. The molecule has 6 aromatic rings. The second-order valence-corrected chi connectivity index (χ2v) is 11.1. The summed E-state index contributed by atoms with van der Waals surface area (Å²) in [6.07, 6.45) is 0. The Morgan fingerprint density at radius 3 is 1.37 bits per heavy atom. The van der Waals surface area contributed by atoms with Crippen LogP contribution in [0.25, 0.3) is 44.8 Å². The number of carbonyl (C=O) groups excluding carboxylic acids is 2. The van der Waals surface area contributed by atoms with Crippen LogP contribution in [0.3, 0.4) is 0 Å². The Kier molecular flexibility index (Phi) is 7.68. The van der Waals surface area contributed by atoms with E-state index < -0.39 is 23.8 Å². The number of imidazole rings is 2. The first kappa shape index (κ1) is 30.3. The molecule has 0 fully saturated rings. The number of carboxylic acid groups (broad SMARTS) is 2. The zero-order chi connectivity index (χ0) is 32.9. The molecule has 0 saturated heterocycles. The maximum Gasteiger partial charge on any atom is 0.336 e. The molecule has 0 aliphatic carbocycles. The Morgan fingerprint density at radius 1 is 0.630 bits per heavy atom. The average Bonchev–Trinajstić information content (AvgIpc) is 3.56. The lowest BCUT2D eigenvalue weighted by Gasteiger charge is -2.16. The third-order valence-electron chi connectivity index (χ3n) is 7.55. The molecule has 6 rings (SSSR count). The molecule has 0 radical (unpaired) electrons. The van der Waals surface area contributed by atoms with Gasteiger partial charge in [0.15, 0.2) is 0 Å². The van der Waals surface area contributed by atoms with Gasteiger partial charge in [-0.15, -0.1) is 0 Å². The quantitative estimate of drug-likeness (QED) is 0.160. The van der Waals surface area contributed by atoms with Gasteiger partial charge in [0.2, 0.25) is 11.8 Å². The Morgan fingerprint density at radius 2 is 1.02 bits per heavy atom. The van der Waals surface area contributed by atoms with Gasteiger partial charge in [-0.2, -0.15) is 0 Å². The van der Waals surface area contributed by atoms with Gasteiger partial charge in [-0.1, -0.05) is 35.3 Å². The highest BCUT2D eigenvalue weighted by Crippen LogP contribution is 2.36. The summed E-state index contributed by atoms with van der Waals surface area (Å²) in [6, 6.07) is 18.3. The predicted octanol–water partition coefficient (Wildman–Crippen LogP) is 5.32. The fourth-order valence-corrected chi connectivity index (χ4v) is 5.98. The van der Waals surface area contributed by atoms with Crippen LogP contribution in [-0.4, -0.2) is 53.1 Å². The van der Waals surface area contributed by atoms with Crippen LogP contribution < -0.4 is 11.5 Å². The summed E-state index contributed by atoms with van der Waals surface area (Å²) < 4.78 is 3.48. The number of carbonyl (C=O) groups is 4. The number of nitrogens with two attached hydrogens (primary N) is 2. The first-order chi connectivity index (χ1) is 22.0. The molecule has 0 aliphatic heterocycles. The van der Waals surface area contributed by atoms with E-state index in [0.717, 1.165) is 0 Å². The third kappa shape index (κ3) is 5.19. The molecule has 2 aromatic heterocycles. The normalized spacial score (nSPS) is 11.3. The van der Waals surface area contributed by atoms with Gasteiger partial charge in [0, 0.05) is 24.2 Å². The molecule has 0 aliphatic rings. The molecule has 14 heteroatoms. The molecule has 2 amide bonds. The number of fused-ring (bicyclic) bond motifs is 2. The first-order valence-electron chi connectivity index (χ1n) is 13.6. The van der Waals surface area contributed by atoms with E-state index in [0.29, 0.717) is 22.1 Å². The smallest absolute Gasteiger partial charge is 0.336 e. The van der Waals surface area contributed by atoms with Crippen LogP contribution in [0, 0.1) is 0 Å². The van der Waals surface area contributed by atoms with E-state index in [1.807, 2.05) is 0 Å². The van der Waals surface area contributed by atoms with Crippen LogP contribution >= 0.6 is 23.2 Å². The largest absolute Gasteiger partial charge is 0.478 e. The Labute approximate surface area is 269 Å². The van der Waals surface area contributed by atoms with Gasteiger partial charge in [-0.25, -0.2) is 19.6 Å². The highest BCUT2D eigenvalue weighted by Gasteiger charge is 2.25. The van der Waals surface area contributed by atoms with Crippen LogP contribution in [0.1, 0.15) is 41.4 Å². The number of amides is 2. The monoisotopic (exact) mass is 656 g/mol. The van der Waals surface area contributed by atoms with Crippen LogP contribution in [-0.2, 0) is 13.1 Å². The molecule has 230 valence electrons. The van der Waals surface area contributed by atoms with Gasteiger partial charge in [0.25, 0.3) is 0 Å². The number of hydrogen-bond acceptors (Lipinski definition) is 6. The van der Waals surface area contributed by atoms with E-state index in [1.165, 1.54) is 48.5 Å². The van der Waals surface area contributed by atoms with Gasteiger partial charge in [0.1, 0.15) is 11.6 Å². The van der Waals surface area contributed by atoms with Gasteiger partial charge in [-0.3, -0.25) is 9.59 Å². The van der Waals surface area contributed by atoms with Crippen LogP contribution in [0.5, 0.6) is 0 Å². The van der Waals surface area contributed by atoms with Crippen molar-refractivity contribution < 1.29 is 29.4 Å². The second kappa shape index (κ2) is 11.7. The van der Waals surface area contributed by atoms with Gasteiger partial charge in [0.05, 0.1) is 54.4 Å². The lowest BCUT2D eigenvalue weighted by atomic mass is 10.1. The molecular formula is C32H22Cl2N6O6. The highest BCUT2D eigenvalue weighted by molar-refractivity contribution is 6.34. The number of carboxylic acids is 2. The Bertz CT molecular complexity index is 2120. The first-order valence-corrected chi connectivity index (χ1v) is 14.4. The fourth-order valence-electron chi connectivity index (χ4n) is 5.46. The number of aromatic carboxylic acids is 2. The van der Waals surface area contributed by atoms with Gasteiger partial charge in [-0.05, 0) is 60.7 Å². The van der Waals surface area contributed by atoms with Crippen molar-refractivity contribution in [2.75, 3.05) is 0 Å². The van der Waals surface area contributed by atoms with E-state index in [-0.39, 0.29) is 68.2 Å². The van der Waals surface area contributed by atoms with Crippen molar-refractivity contribution in [3.63, 3.8) is 0 Å². The van der Waals surface area contributed by atoms with E-state index >= 15 is 0 Å². The summed E-state index contributed by atoms with van der Waals surface area (Å²) >= 11 is 13.1. The minimum Gasteiger partial charge on any atom is -0.478 e. The number of primary amides is 2. The van der Waals surface area contributed by atoms with Crippen molar-refractivity contribution in [3.8, 4) is 22.8 Å². The number of hydrogen-bond donors (Lipinski definition) is 4. The number of halogens is 2. The molecular weight excluding hydrogens is 635 g/mol. The summed E-state index contributed by atoms with van der Waals surface area (Å²) in [5.41, 5.74) is 13.4. The highest BCUT2D eigenvalue weighted by atomic mass is 35.5. The summed E-state index contributed by atoms with van der Waals surface area (Å²) in [6.45, 7) is 0.268. The van der Waals surface area contributed by atoms with E-state index in [9.17, 15) is 29.4 Å². The lowest BCUT2D eigenvalue weighted by Crippen LogP contribution is -2.13. The van der Waals surface area contributed by atoms with Crippen molar-refractivity contribution >= 4 is 69.0 Å². The van der Waals surface area contributed by atoms with Crippen LogP contribution in [0.2, 0.25) is 10.0 Å². The standard InChI is InChI=1S/C32H22Cl2N6O6/c33-19-5-1-3-17(31(43)44)25(19)29-37-21-13-15(27(35)41)7-9-23(21)39(29)11-12-40-24-10-8-16(28(36)42)14-22(24)38-30(40)26-18(32(45)46)4-2-6-20(26)34/h1-10,13-14H,11-12H2,(H2,35,41)(H2,36,42)(H,43,44)(H,45,46). The lowest BCUT2D eigenvalue weighted by molar-refractivity contribution is 0.0686. The Balaban J connectivity index is 1.58. The SMILES string of the molecule is NC(=O)c1ccc2c(c1)nc(-c1c(Cl)cccc1C(=O)O)n2CCn1c(-c2c(Cl)cccc2C(=O)O)nc2cc(C(N)=O)ccc21.